The zero-order chi connectivity index (χ0) is 15.6. The van der Waals surface area contributed by atoms with Crippen LogP contribution in [0.2, 0.25) is 0 Å². The highest BCUT2D eigenvalue weighted by Gasteiger charge is 2.46. The number of nitrogens with two attached hydrogens (primary N) is 1. The minimum absolute atomic E-state index is 0.00548. The molecule has 0 saturated carbocycles. The Labute approximate surface area is 125 Å². The fourth-order valence-electron chi connectivity index (χ4n) is 3.23. The molecule has 0 bridgehead atoms. The molecule has 2 rings (SSSR count). The minimum Gasteiger partial charge on any atom is -0.409 e. The van der Waals surface area contributed by atoms with Crippen LogP contribution in [0.15, 0.2) is 29.4 Å². The molecule has 0 spiro atoms. The van der Waals surface area contributed by atoms with Crippen molar-refractivity contribution < 1.29 is 10.0 Å². The molecule has 0 fully saturated rings. The number of anilines is 1. The molecule has 1 heterocycles. The molecule has 3 N–H and O–H groups in total. The zero-order valence-electron chi connectivity index (χ0n) is 12.8. The summed E-state index contributed by atoms with van der Waals surface area (Å²) in [6.07, 6.45) is 1.84. The number of nitrogens with zero attached hydrogens (tertiary/aromatic N) is 2. The number of benzene rings is 1. The predicted octanol–water partition coefficient (Wildman–Crippen LogP) is 2.52. The van der Waals surface area contributed by atoms with E-state index in [2.05, 4.69) is 5.16 Å². The van der Waals surface area contributed by atoms with Crippen LogP contribution in [0.5, 0.6) is 0 Å². The smallest absolute Gasteiger partial charge is 0.241 e. The first-order valence-corrected chi connectivity index (χ1v) is 7.41. The second-order valence-electron chi connectivity index (χ2n) is 5.63. The van der Waals surface area contributed by atoms with Gasteiger partial charge in [0, 0.05) is 11.7 Å². The molecule has 21 heavy (non-hydrogen) atoms. The van der Waals surface area contributed by atoms with Crippen LogP contribution in [0.3, 0.4) is 0 Å². The lowest BCUT2D eigenvalue weighted by Crippen LogP contribution is -2.52. The Hall–Kier alpha value is -2.04. The first kappa shape index (κ1) is 15.4. The highest BCUT2D eigenvalue weighted by Crippen LogP contribution is 2.38. The minimum atomic E-state index is -0.944. The molecule has 0 aromatic heterocycles. The van der Waals surface area contributed by atoms with Crippen molar-refractivity contribution in [3.8, 4) is 0 Å². The van der Waals surface area contributed by atoms with Gasteiger partial charge in [0.25, 0.3) is 0 Å². The second kappa shape index (κ2) is 5.76. The average molecular weight is 289 g/mol. The number of para-hydroxylation sites is 1. The van der Waals surface area contributed by atoms with Crippen molar-refractivity contribution in [3.63, 3.8) is 0 Å². The molecule has 1 atom stereocenters. The van der Waals surface area contributed by atoms with Crippen LogP contribution < -0.4 is 10.6 Å². The lowest BCUT2D eigenvalue weighted by atomic mass is 9.79. The summed E-state index contributed by atoms with van der Waals surface area (Å²) in [5.74, 6) is -0.0886. The maximum absolute atomic E-state index is 13.2. The van der Waals surface area contributed by atoms with E-state index >= 15 is 0 Å². The Morgan fingerprint density at radius 3 is 2.62 bits per heavy atom. The fraction of sp³-hybridized carbons (Fsp3) is 0.500. The second-order valence-corrected chi connectivity index (χ2v) is 5.63. The number of amidine groups is 1. The lowest BCUT2D eigenvalue weighted by molar-refractivity contribution is -0.125. The highest BCUT2D eigenvalue weighted by atomic mass is 16.4. The van der Waals surface area contributed by atoms with E-state index in [0.717, 1.165) is 12.1 Å². The van der Waals surface area contributed by atoms with Gasteiger partial charge in [-0.15, -0.1) is 0 Å². The Morgan fingerprint density at radius 2 is 2.05 bits per heavy atom. The SMILES string of the molecule is CCC(CC)(C(=O)N1c2ccccc2CC1C)C(N)=NO. The first-order valence-electron chi connectivity index (χ1n) is 7.41. The summed E-state index contributed by atoms with van der Waals surface area (Å²) in [6.45, 7) is 5.82. The molecule has 0 radical (unpaired) electrons. The summed E-state index contributed by atoms with van der Waals surface area (Å²) < 4.78 is 0. The Balaban J connectivity index is 2.48. The van der Waals surface area contributed by atoms with Crippen molar-refractivity contribution in [3.05, 3.63) is 29.8 Å². The number of carbonyl (C=O) groups is 1. The van der Waals surface area contributed by atoms with E-state index < -0.39 is 5.41 Å². The van der Waals surface area contributed by atoms with Gasteiger partial charge in [-0.25, -0.2) is 0 Å². The summed E-state index contributed by atoms with van der Waals surface area (Å²) in [7, 11) is 0. The Kier molecular flexibility index (Phi) is 4.21. The number of hydrogen-bond acceptors (Lipinski definition) is 3. The van der Waals surface area contributed by atoms with Gasteiger partial charge in [0.1, 0.15) is 5.41 Å². The first-order chi connectivity index (χ1) is 10.0. The van der Waals surface area contributed by atoms with Crippen LogP contribution >= 0.6 is 0 Å². The number of oxime groups is 1. The van der Waals surface area contributed by atoms with E-state index in [1.165, 1.54) is 5.56 Å². The Morgan fingerprint density at radius 1 is 1.43 bits per heavy atom. The number of carbonyl (C=O) groups excluding carboxylic acids is 1. The van der Waals surface area contributed by atoms with Crippen molar-refractivity contribution in [2.24, 2.45) is 16.3 Å². The van der Waals surface area contributed by atoms with E-state index in [-0.39, 0.29) is 17.8 Å². The number of hydrogen-bond donors (Lipinski definition) is 2. The van der Waals surface area contributed by atoms with Crippen LogP contribution in [0.25, 0.3) is 0 Å². The van der Waals surface area contributed by atoms with Crippen LogP contribution in [-0.4, -0.2) is 23.0 Å². The molecule has 1 aromatic carbocycles. The van der Waals surface area contributed by atoms with E-state index in [4.69, 9.17) is 10.9 Å². The summed E-state index contributed by atoms with van der Waals surface area (Å²) >= 11 is 0. The third-order valence-electron chi connectivity index (χ3n) is 4.64. The van der Waals surface area contributed by atoms with Crippen LogP contribution in [0.4, 0.5) is 5.69 Å². The van der Waals surface area contributed by atoms with Crippen molar-refractivity contribution in [2.75, 3.05) is 4.90 Å². The summed E-state index contributed by atoms with van der Waals surface area (Å²) in [4.78, 5) is 15.0. The molecule has 0 aliphatic carbocycles. The highest BCUT2D eigenvalue weighted by molar-refractivity contribution is 6.13. The molecular formula is C16H23N3O2. The molecular weight excluding hydrogens is 266 g/mol. The lowest BCUT2D eigenvalue weighted by Gasteiger charge is -2.35. The summed E-state index contributed by atoms with van der Waals surface area (Å²) in [5, 5.41) is 12.2. The third-order valence-corrected chi connectivity index (χ3v) is 4.64. The van der Waals surface area contributed by atoms with E-state index in [9.17, 15) is 4.79 Å². The quantitative estimate of drug-likeness (QED) is 0.387. The summed E-state index contributed by atoms with van der Waals surface area (Å²) in [5.41, 5.74) is 7.02. The third kappa shape index (κ3) is 2.26. The molecule has 5 heteroatoms. The standard InChI is InChI=1S/C16H23N3O2/c1-4-16(5-2,14(17)18-21)15(20)19-11(3)10-12-8-6-7-9-13(12)19/h6-9,11,21H,4-5,10H2,1-3H3,(H2,17,18). The normalized spacial score (nSPS) is 18.7. The largest absolute Gasteiger partial charge is 0.409 e. The molecule has 114 valence electrons. The van der Waals surface area contributed by atoms with Gasteiger partial charge in [-0.1, -0.05) is 37.2 Å². The Bertz CT molecular complexity index is 564. The monoisotopic (exact) mass is 289 g/mol. The van der Waals surface area contributed by atoms with Gasteiger partial charge < -0.3 is 15.8 Å². The van der Waals surface area contributed by atoms with Crippen molar-refractivity contribution in [2.45, 2.75) is 46.1 Å². The van der Waals surface area contributed by atoms with Gasteiger partial charge >= 0.3 is 0 Å². The maximum Gasteiger partial charge on any atom is 0.241 e. The zero-order valence-corrected chi connectivity index (χ0v) is 12.8. The average Bonchev–Trinajstić information content (AvgIpc) is 2.84. The van der Waals surface area contributed by atoms with Gasteiger partial charge in [-0.3, -0.25) is 4.79 Å². The molecule has 5 nitrogen and oxygen atoms in total. The van der Waals surface area contributed by atoms with Gasteiger partial charge in [-0.2, -0.15) is 0 Å². The molecule has 1 aliphatic heterocycles. The van der Waals surface area contributed by atoms with Crippen molar-refractivity contribution in [1.82, 2.24) is 0 Å². The molecule has 1 aromatic rings. The van der Waals surface area contributed by atoms with Crippen LogP contribution in [-0.2, 0) is 11.2 Å². The maximum atomic E-state index is 13.2. The molecule has 1 amide bonds. The number of rotatable bonds is 4. The number of fused-ring (bicyclic) bond motifs is 1. The fourth-order valence-corrected chi connectivity index (χ4v) is 3.23. The van der Waals surface area contributed by atoms with E-state index in [1.807, 2.05) is 45.0 Å². The van der Waals surface area contributed by atoms with Gasteiger partial charge in [-0.05, 0) is 37.8 Å². The van der Waals surface area contributed by atoms with Gasteiger partial charge in [0.05, 0.1) is 0 Å². The van der Waals surface area contributed by atoms with Gasteiger partial charge in [0.15, 0.2) is 5.84 Å². The van der Waals surface area contributed by atoms with E-state index in [0.29, 0.717) is 12.8 Å². The summed E-state index contributed by atoms with van der Waals surface area (Å²) in [6, 6.07) is 8.00. The van der Waals surface area contributed by atoms with Crippen LogP contribution in [0.1, 0.15) is 39.2 Å². The topological polar surface area (TPSA) is 78.9 Å². The van der Waals surface area contributed by atoms with Gasteiger partial charge in [0.2, 0.25) is 5.91 Å². The van der Waals surface area contributed by atoms with Crippen LogP contribution in [0, 0.1) is 5.41 Å². The molecule has 1 unspecified atom stereocenters. The molecule has 1 aliphatic rings. The van der Waals surface area contributed by atoms with E-state index in [1.54, 1.807) is 4.90 Å². The predicted molar refractivity (Wildman–Crippen MR) is 83.5 cm³/mol. The number of amides is 1. The van der Waals surface area contributed by atoms with Crippen molar-refractivity contribution >= 4 is 17.4 Å². The molecule has 0 saturated heterocycles. The van der Waals surface area contributed by atoms with Crippen molar-refractivity contribution in [1.29, 1.82) is 0 Å².